The molecule has 2 unspecified atom stereocenters. The summed E-state index contributed by atoms with van der Waals surface area (Å²) in [5, 5.41) is 13.6. The van der Waals surface area contributed by atoms with Crippen molar-refractivity contribution in [1.29, 1.82) is 0 Å². The minimum atomic E-state index is -0.233. The zero-order valence-corrected chi connectivity index (χ0v) is 11.4. The van der Waals surface area contributed by atoms with Crippen molar-refractivity contribution in [3.63, 3.8) is 0 Å². The van der Waals surface area contributed by atoms with E-state index in [0.29, 0.717) is 12.5 Å². The van der Waals surface area contributed by atoms with Crippen molar-refractivity contribution in [2.24, 2.45) is 5.92 Å². The van der Waals surface area contributed by atoms with Crippen LogP contribution in [0.25, 0.3) is 0 Å². The van der Waals surface area contributed by atoms with Gasteiger partial charge in [-0.25, -0.2) is 0 Å². The van der Waals surface area contributed by atoms with Gasteiger partial charge in [0.05, 0.1) is 12.1 Å². The smallest absolute Gasteiger partial charge is 0.0693 e. The van der Waals surface area contributed by atoms with Crippen molar-refractivity contribution in [2.45, 2.75) is 25.0 Å². The van der Waals surface area contributed by atoms with Crippen LogP contribution in [-0.4, -0.2) is 22.7 Å². The molecule has 1 aliphatic rings. The van der Waals surface area contributed by atoms with Crippen LogP contribution in [0.1, 0.15) is 30.0 Å². The van der Waals surface area contributed by atoms with Crippen LogP contribution in [0.15, 0.2) is 54.9 Å². The van der Waals surface area contributed by atoms with E-state index in [2.05, 4.69) is 22.4 Å². The molecule has 1 aliphatic carbocycles. The highest BCUT2D eigenvalue weighted by Crippen LogP contribution is 2.32. The third-order valence-corrected chi connectivity index (χ3v) is 3.87. The number of nitrogens with one attached hydrogen (secondary N) is 1. The Bertz CT molecular complexity index is 486. The van der Waals surface area contributed by atoms with E-state index in [1.807, 2.05) is 42.7 Å². The van der Waals surface area contributed by atoms with Crippen LogP contribution >= 0.6 is 0 Å². The lowest BCUT2D eigenvalue weighted by molar-refractivity contribution is 0.146. The molecule has 1 aromatic heterocycles. The Labute approximate surface area is 119 Å². The molecule has 104 valence electrons. The van der Waals surface area contributed by atoms with Crippen molar-refractivity contribution in [3.8, 4) is 0 Å². The maximum Gasteiger partial charge on any atom is 0.0693 e. The molecule has 0 amide bonds. The minimum Gasteiger partial charge on any atom is -0.392 e. The van der Waals surface area contributed by atoms with Crippen molar-refractivity contribution in [3.05, 3.63) is 66.0 Å². The van der Waals surface area contributed by atoms with Crippen LogP contribution in [0.4, 0.5) is 0 Å². The third kappa shape index (κ3) is 3.24. The highest BCUT2D eigenvalue weighted by Gasteiger charge is 2.30. The molecule has 0 bridgehead atoms. The summed E-state index contributed by atoms with van der Waals surface area (Å²) in [5.74, 6) is 0.497. The second kappa shape index (κ2) is 6.16. The number of rotatable bonds is 6. The van der Waals surface area contributed by atoms with E-state index < -0.39 is 0 Å². The van der Waals surface area contributed by atoms with Gasteiger partial charge in [-0.15, -0.1) is 0 Å². The fraction of sp³-hybridized carbons (Fsp3) is 0.353. The Balaban J connectivity index is 1.76. The van der Waals surface area contributed by atoms with Gasteiger partial charge < -0.3 is 10.4 Å². The van der Waals surface area contributed by atoms with E-state index in [0.717, 1.165) is 12.8 Å². The minimum absolute atomic E-state index is 0.104. The largest absolute Gasteiger partial charge is 0.392 e. The lowest BCUT2D eigenvalue weighted by Crippen LogP contribution is -2.32. The number of hydrogen-bond acceptors (Lipinski definition) is 3. The molecule has 3 nitrogen and oxygen atoms in total. The molecule has 0 saturated heterocycles. The van der Waals surface area contributed by atoms with Crippen molar-refractivity contribution in [1.82, 2.24) is 10.3 Å². The molecule has 20 heavy (non-hydrogen) atoms. The molecule has 3 heteroatoms. The van der Waals surface area contributed by atoms with Gasteiger partial charge in [0.1, 0.15) is 0 Å². The van der Waals surface area contributed by atoms with Gasteiger partial charge in [0, 0.05) is 18.9 Å². The first-order chi connectivity index (χ1) is 9.84. The molecule has 1 fully saturated rings. The molecule has 1 heterocycles. The maximum absolute atomic E-state index is 10.1. The molecule has 0 radical (unpaired) electrons. The van der Waals surface area contributed by atoms with E-state index in [4.69, 9.17) is 0 Å². The van der Waals surface area contributed by atoms with Crippen LogP contribution in [0.2, 0.25) is 0 Å². The normalized spacial score (nSPS) is 17.6. The molecule has 3 rings (SSSR count). The van der Waals surface area contributed by atoms with Crippen LogP contribution in [-0.2, 0) is 0 Å². The zero-order chi connectivity index (χ0) is 13.8. The summed E-state index contributed by atoms with van der Waals surface area (Å²) in [6, 6.07) is 14.5. The molecular formula is C17H20N2O. The fourth-order valence-electron chi connectivity index (χ4n) is 2.52. The summed E-state index contributed by atoms with van der Waals surface area (Å²) in [7, 11) is 0. The molecule has 2 atom stereocenters. The average molecular weight is 268 g/mol. The van der Waals surface area contributed by atoms with Gasteiger partial charge in [0.2, 0.25) is 0 Å². The quantitative estimate of drug-likeness (QED) is 0.846. The van der Waals surface area contributed by atoms with Crippen LogP contribution in [0.5, 0.6) is 0 Å². The lowest BCUT2D eigenvalue weighted by Gasteiger charge is -2.21. The van der Waals surface area contributed by atoms with E-state index >= 15 is 0 Å². The predicted octanol–water partition coefficient (Wildman–Crippen LogP) is 2.53. The first kappa shape index (κ1) is 13.3. The summed E-state index contributed by atoms with van der Waals surface area (Å²) < 4.78 is 0. The maximum atomic E-state index is 10.1. The van der Waals surface area contributed by atoms with Crippen molar-refractivity contribution >= 4 is 0 Å². The van der Waals surface area contributed by atoms with E-state index in [9.17, 15) is 5.11 Å². The fourth-order valence-corrected chi connectivity index (χ4v) is 2.52. The number of benzene rings is 1. The number of pyridine rings is 1. The van der Waals surface area contributed by atoms with Gasteiger partial charge in [-0.2, -0.15) is 0 Å². The molecular weight excluding hydrogens is 248 g/mol. The topological polar surface area (TPSA) is 45.1 Å². The number of nitrogens with zero attached hydrogens (tertiary/aromatic N) is 1. The summed E-state index contributed by atoms with van der Waals surface area (Å²) in [4.78, 5) is 4.08. The molecule has 2 aromatic rings. The third-order valence-electron chi connectivity index (χ3n) is 3.87. The van der Waals surface area contributed by atoms with Gasteiger partial charge in [0.15, 0.2) is 0 Å². The van der Waals surface area contributed by atoms with E-state index in [1.165, 1.54) is 11.1 Å². The highest BCUT2D eigenvalue weighted by molar-refractivity contribution is 5.30. The van der Waals surface area contributed by atoms with Gasteiger partial charge in [-0.05, 0) is 42.0 Å². The Hall–Kier alpha value is -1.71. The second-order valence-corrected chi connectivity index (χ2v) is 5.44. The number of hydrogen-bond donors (Lipinski definition) is 2. The predicted molar refractivity (Wildman–Crippen MR) is 79.3 cm³/mol. The summed E-state index contributed by atoms with van der Waals surface area (Å²) in [6.45, 7) is 0.631. The standard InChI is InChI=1S/C17H20N2O/c20-16(13-6-7-13)12-19-17(14-4-2-1-3-5-14)15-8-10-18-11-9-15/h1-5,8-11,13,16-17,19-20H,6-7,12H2. The number of aliphatic hydroxyl groups excluding tert-OH is 1. The SMILES string of the molecule is OC(CNC(c1ccccc1)c1ccncc1)C1CC1. The summed E-state index contributed by atoms with van der Waals surface area (Å²) >= 11 is 0. The Morgan fingerprint density at radius 2 is 1.70 bits per heavy atom. The van der Waals surface area contributed by atoms with E-state index in [-0.39, 0.29) is 12.1 Å². The molecule has 0 spiro atoms. The van der Waals surface area contributed by atoms with Gasteiger partial charge in [0.25, 0.3) is 0 Å². The summed E-state index contributed by atoms with van der Waals surface area (Å²) in [5.41, 5.74) is 2.39. The van der Waals surface area contributed by atoms with Crippen molar-refractivity contribution in [2.75, 3.05) is 6.54 Å². The highest BCUT2D eigenvalue weighted by atomic mass is 16.3. The van der Waals surface area contributed by atoms with Crippen LogP contribution in [0.3, 0.4) is 0 Å². The second-order valence-electron chi connectivity index (χ2n) is 5.44. The number of aromatic nitrogens is 1. The number of aliphatic hydroxyl groups is 1. The molecule has 2 N–H and O–H groups in total. The average Bonchev–Trinajstić information content (AvgIpc) is 3.34. The van der Waals surface area contributed by atoms with Crippen LogP contribution < -0.4 is 5.32 Å². The summed E-state index contributed by atoms with van der Waals surface area (Å²) in [6.07, 6.45) is 5.71. The lowest BCUT2D eigenvalue weighted by atomic mass is 9.99. The first-order valence-corrected chi connectivity index (χ1v) is 7.21. The molecule has 1 saturated carbocycles. The van der Waals surface area contributed by atoms with Gasteiger partial charge in [-0.3, -0.25) is 4.98 Å². The molecule has 1 aromatic carbocycles. The Kier molecular flexibility index (Phi) is 4.09. The Morgan fingerprint density at radius 1 is 1.05 bits per heavy atom. The zero-order valence-electron chi connectivity index (χ0n) is 11.4. The van der Waals surface area contributed by atoms with Gasteiger partial charge in [-0.1, -0.05) is 30.3 Å². The van der Waals surface area contributed by atoms with Gasteiger partial charge >= 0.3 is 0 Å². The van der Waals surface area contributed by atoms with Crippen LogP contribution in [0, 0.1) is 5.92 Å². The molecule has 0 aliphatic heterocycles. The van der Waals surface area contributed by atoms with E-state index in [1.54, 1.807) is 0 Å². The first-order valence-electron chi connectivity index (χ1n) is 7.21. The van der Waals surface area contributed by atoms with Crippen molar-refractivity contribution < 1.29 is 5.11 Å². The monoisotopic (exact) mass is 268 g/mol. The Morgan fingerprint density at radius 3 is 2.35 bits per heavy atom.